The monoisotopic (exact) mass is 267 g/mol. The smallest absolute Gasteiger partial charge is 0.262 e. The molecule has 0 amide bonds. The first-order chi connectivity index (χ1) is 8.54. The standard InChI is InChI=1S/C10H12N4O3S/c1-2-11-10(18)13-12-6-7-3-4-9(15)8(5-7)14(16)17/h3-6,15H,2H2,1H3,(H2,11,13,18)/p-1. The summed E-state index contributed by atoms with van der Waals surface area (Å²) in [5.41, 5.74) is 2.50. The van der Waals surface area contributed by atoms with Crippen LogP contribution < -0.4 is 15.8 Å². The van der Waals surface area contributed by atoms with Gasteiger partial charge in [-0.25, -0.2) is 0 Å². The third-order valence-electron chi connectivity index (χ3n) is 1.90. The Labute approximate surface area is 109 Å². The summed E-state index contributed by atoms with van der Waals surface area (Å²) in [6, 6.07) is 3.72. The molecule has 0 aliphatic rings. The minimum atomic E-state index is -0.726. The average Bonchev–Trinajstić information content (AvgIpc) is 2.31. The predicted octanol–water partition coefficient (Wildman–Crippen LogP) is 0.486. The van der Waals surface area contributed by atoms with Gasteiger partial charge in [0, 0.05) is 18.2 Å². The van der Waals surface area contributed by atoms with Crippen molar-refractivity contribution in [3.05, 3.63) is 33.9 Å². The molecule has 0 unspecified atom stereocenters. The molecule has 0 bridgehead atoms. The number of nitrogens with one attached hydrogen (secondary N) is 2. The maximum Gasteiger partial charge on any atom is 0.262 e. The molecule has 2 N–H and O–H groups in total. The van der Waals surface area contributed by atoms with Gasteiger partial charge in [-0.05, 0) is 24.9 Å². The normalized spacial score (nSPS) is 10.3. The Balaban J connectivity index is 2.73. The van der Waals surface area contributed by atoms with Gasteiger partial charge in [-0.3, -0.25) is 15.5 Å². The van der Waals surface area contributed by atoms with E-state index in [1.165, 1.54) is 12.3 Å². The van der Waals surface area contributed by atoms with Crippen LogP contribution in [0.25, 0.3) is 0 Å². The van der Waals surface area contributed by atoms with Crippen molar-refractivity contribution in [1.82, 2.24) is 10.7 Å². The Morgan fingerprint density at radius 1 is 1.61 bits per heavy atom. The molecule has 0 aromatic heterocycles. The molecule has 0 saturated heterocycles. The molecule has 1 rings (SSSR count). The molecule has 0 aliphatic carbocycles. The maximum atomic E-state index is 11.1. The SMILES string of the molecule is CCNC(=S)NN=Cc1ccc([O-])c([N+](=O)[O-])c1. The van der Waals surface area contributed by atoms with Crippen LogP contribution in [0.4, 0.5) is 5.69 Å². The zero-order chi connectivity index (χ0) is 13.5. The summed E-state index contributed by atoms with van der Waals surface area (Å²) in [4.78, 5) is 9.83. The summed E-state index contributed by atoms with van der Waals surface area (Å²) in [5, 5.41) is 28.7. The molecule has 0 saturated carbocycles. The van der Waals surface area contributed by atoms with Crippen LogP contribution in [-0.4, -0.2) is 22.8 Å². The van der Waals surface area contributed by atoms with Gasteiger partial charge in [0.2, 0.25) is 0 Å². The fraction of sp³-hybridized carbons (Fsp3) is 0.200. The zero-order valence-electron chi connectivity index (χ0n) is 9.54. The Morgan fingerprint density at radius 2 is 2.33 bits per heavy atom. The van der Waals surface area contributed by atoms with E-state index in [9.17, 15) is 15.2 Å². The first-order valence-electron chi connectivity index (χ1n) is 5.07. The second-order valence-corrected chi connectivity index (χ2v) is 3.62. The second-order valence-electron chi connectivity index (χ2n) is 3.21. The van der Waals surface area contributed by atoms with Crippen molar-refractivity contribution < 1.29 is 10.0 Å². The lowest BCUT2D eigenvalue weighted by Crippen LogP contribution is -2.31. The number of hydrogen-bond donors (Lipinski definition) is 2. The van der Waals surface area contributed by atoms with Crippen molar-refractivity contribution in [2.45, 2.75) is 6.92 Å². The minimum absolute atomic E-state index is 0.351. The molecule has 0 spiro atoms. The van der Waals surface area contributed by atoms with E-state index in [1.54, 1.807) is 0 Å². The van der Waals surface area contributed by atoms with Crippen LogP contribution in [0.2, 0.25) is 0 Å². The van der Waals surface area contributed by atoms with E-state index in [2.05, 4.69) is 15.8 Å². The Bertz CT molecular complexity index is 490. The predicted molar refractivity (Wildman–Crippen MR) is 69.5 cm³/mol. The highest BCUT2D eigenvalue weighted by atomic mass is 32.1. The fourth-order valence-electron chi connectivity index (χ4n) is 1.12. The molecule has 0 atom stereocenters. The van der Waals surface area contributed by atoms with E-state index in [-0.39, 0.29) is 0 Å². The zero-order valence-corrected chi connectivity index (χ0v) is 10.4. The van der Waals surface area contributed by atoms with E-state index in [1.807, 2.05) is 6.92 Å². The van der Waals surface area contributed by atoms with Crippen LogP contribution in [0.1, 0.15) is 12.5 Å². The summed E-state index contributed by atoms with van der Waals surface area (Å²) in [6.45, 7) is 2.55. The first-order valence-corrected chi connectivity index (χ1v) is 5.47. The molecular formula is C10H11N4O3S-. The lowest BCUT2D eigenvalue weighted by molar-refractivity contribution is -0.398. The summed E-state index contributed by atoms with van der Waals surface area (Å²) >= 11 is 4.86. The minimum Gasteiger partial charge on any atom is -0.868 e. The molecule has 0 radical (unpaired) electrons. The third kappa shape index (κ3) is 3.98. The van der Waals surface area contributed by atoms with E-state index in [4.69, 9.17) is 12.2 Å². The van der Waals surface area contributed by atoms with Crippen LogP contribution in [0, 0.1) is 10.1 Å². The van der Waals surface area contributed by atoms with Gasteiger partial charge in [0.25, 0.3) is 5.69 Å². The molecule has 96 valence electrons. The number of nitro groups is 1. The van der Waals surface area contributed by atoms with Crippen LogP contribution in [-0.2, 0) is 0 Å². The summed E-state index contributed by atoms with van der Waals surface area (Å²) in [7, 11) is 0. The van der Waals surface area contributed by atoms with Gasteiger partial charge < -0.3 is 10.4 Å². The van der Waals surface area contributed by atoms with Gasteiger partial charge in [-0.1, -0.05) is 12.1 Å². The first kappa shape index (κ1) is 13.8. The molecule has 18 heavy (non-hydrogen) atoms. The number of hydrazone groups is 1. The number of rotatable bonds is 4. The maximum absolute atomic E-state index is 11.1. The van der Waals surface area contributed by atoms with Gasteiger partial charge in [0.15, 0.2) is 5.11 Å². The van der Waals surface area contributed by atoms with Gasteiger partial charge in [0.05, 0.1) is 11.1 Å². The van der Waals surface area contributed by atoms with Crippen molar-refractivity contribution in [2.24, 2.45) is 5.10 Å². The van der Waals surface area contributed by atoms with Crippen molar-refractivity contribution in [1.29, 1.82) is 0 Å². The highest BCUT2D eigenvalue weighted by Gasteiger charge is 2.06. The van der Waals surface area contributed by atoms with Gasteiger partial charge in [0.1, 0.15) is 0 Å². The largest absolute Gasteiger partial charge is 0.868 e. The van der Waals surface area contributed by atoms with E-state index in [0.717, 1.165) is 12.1 Å². The molecule has 0 fully saturated rings. The van der Waals surface area contributed by atoms with E-state index in [0.29, 0.717) is 17.2 Å². The Hall–Kier alpha value is -2.22. The van der Waals surface area contributed by atoms with Crippen molar-refractivity contribution in [3.63, 3.8) is 0 Å². The van der Waals surface area contributed by atoms with E-state index >= 15 is 0 Å². The second kappa shape index (κ2) is 6.50. The number of nitrogens with zero attached hydrogens (tertiary/aromatic N) is 2. The van der Waals surface area contributed by atoms with Gasteiger partial charge >= 0.3 is 0 Å². The highest BCUT2D eigenvalue weighted by Crippen LogP contribution is 2.22. The topological polar surface area (TPSA) is 103 Å². The van der Waals surface area contributed by atoms with Crippen LogP contribution in [0.5, 0.6) is 5.75 Å². The molecule has 7 nitrogen and oxygen atoms in total. The molecule has 1 aromatic rings. The quantitative estimate of drug-likeness (QED) is 0.356. The van der Waals surface area contributed by atoms with E-state index < -0.39 is 16.4 Å². The van der Waals surface area contributed by atoms with Gasteiger partial charge in [-0.2, -0.15) is 5.10 Å². The Morgan fingerprint density at radius 3 is 2.94 bits per heavy atom. The third-order valence-corrected chi connectivity index (χ3v) is 2.13. The Kier molecular flexibility index (Phi) is 5.00. The number of benzene rings is 1. The van der Waals surface area contributed by atoms with Crippen molar-refractivity contribution in [2.75, 3.05) is 6.54 Å². The molecule has 8 heteroatoms. The van der Waals surface area contributed by atoms with Gasteiger partial charge in [-0.15, -0.1) is 0 Å². The fourth-order valence-corrected chi connectivity index (χ4v) is 1.32. The summed E-state index contributed by atoms with van der Waals surface area (Å²) < 4.78 is 0. The van der Waals surface area contributed by atoms with Crippen molar-refractivity contribution in [3.8, 4) is 5.75 Å². The van der Waals surface area contributed by atoms with Crippen LogP contribution >= 0.6 is 12.2 Å². The molecule has 0 heterocycles. The van der Waals surface area contributed by atoms with Crippen LogP contribution in [0.15, 0.2) is 23.3 Å². The summed E-state index contributed by atoms with van der Waals surface area (Å²) in [5.74, 6) is -0.631. The average molecular weight is 267 g/mol. The molecule has 0 aliphatic heterocycles. The van der Waals surface area contributed by atoms with Crippen molar-refractivity contribution >= 4 is 29.2 Å². The highest BCUT2D eigenvalue weighted by molar-refractivity contribution is 7.80. The number of thiocarbonyl (C=S) groups is 1. The summed E-state index contributed by atoms with van der Waals surface area (Å²) in [6.07, 6.45) is 1.34. The number of hydrogen-bond acceptors (Lipinski definition) is 5. The lowest BCUT2D eigenvalue weighted by Gasteiger charge is -2.06. The lowest BCUT2D eigenvalue weighted by atomic mass is 10.2. The molecule has 1 aromatic carbocycles. The molecular weight excluding hydrogens is 256 g/mol. The van der Waals surface area contributed by atoms with Crippen LogP contribution in [0.3, 0.4) is 0 Å². The number of nitro benzene ring substituents is 1.